The van der Waals surface area contributed by atoms with Gasteiger partial charge in [-0.15, -0.1) is 0 Å². The van der Waals surface area contributed by atoms with Crippen molar-refractivity contribution in [1.82, 2.24) is 20.2 Å². The van der Waals surface area contributed by atoms with Crippen molar-refractivity contribution in [1.29, 1.82) is 0 Å². The third-order valence-corrected chi connectivity index (χ3v) is 4.01. The smallest absolute Gasteiger partial charge is 0.271 e. The number of fused-ring (bicyclic) bond motifs is 1. The van der Waals surface area contributed by atoms with Crippen LogP contribution in [0.3, 0.4) is 0 Å². The van der Waals surface area contributed by atoms with Gasteiger partial charge in [-0.1, -0.05) is 48.5 Å². The Morgan fingerprint density at radius 1 is 0.962 bits per heavy atom. The lowest BCUT2D eigenvalue weighted by Gasteiger charge is -2.08. The molecule has 0 atom stereocenters. The number of aromatic nitrogens is 3. The van der Waals surface area contributed by atoms with E-state index in [4.69, 9.17) is 0 Å². The van der Waals surface area contributed by atoms with E-state index in [1.807, 2.05) is 65.3 Å². The first-order valence-electron chi connectivity index (χ1n) is 8.26. The molecule has 0 saturated heterocycles. The maximum atomic E-state index is 12.3. The lowest BCUT2D eigenvalue weighted by Crippen LogP contribution is -2.29. The number of anilines is 1. The summed E-state index contributed by atoms with van der Waals surface area (Å²) in [5.41, 5.74) is 8.73. The summed E-state index contributed by atoms with van der Waals surface area (Å²) in [4.78, 5) is 16.7. The van der Waals surface area contributed by atoms with E-state index in [0.717, 1.165) is 22.3 Å². The van der Waals surface area contributed by atoms with Crippen LogP contribution in [0.2, 0.25) is 0 Å². The lowest BCUT2D eigenvalue weighted by molar-refractivity contribution is 0.0962. The standard InChI is InChI=1S/C20H17N5O/c26-20(24-23-18-9-5-2-6-10-18)17-11-16-13-22-25(19(16)21-12-17)14-15-7-3-1-4-8-15/h1-13,23H,14H2,(H,24,26). The number of carbonyl (C=O) groups is 1. The molecule has 1 amide bonds. The number of nitrogens with zero attached hydrogens (tertiary/aromatic N) is 3. The van der Waals surface area contributed by atoms with Crippen molar-refractivity contribution in [2.75, 3.05) is 5.43 Å². The molecule has 2 aromatic heterocycles. The highest BCUT2D eigenvalue weighted by atomic mass is 16.2. The molecule has 0 aliphatic carbocycles. The predicted molar refractivity (Wildman–Crippen MR) is 101 cm³/mol. The number of amides is 1. The molecular formula is C20H17N5O. The fourth-order valence-electron chi connectivity index (χ4n) is 2.69. The molecule has 2 heterocycles. The van der Waals surface area contributed by atoms with Crippen molar-refractivity contribution in [2.24, 2.45) is 0 Å². The van der Waals surface area contributed by atoms with Crippen LogP contribution < -0.4 is 10.9 Å². The first-order valence-corrected chi connectivity index (χ1v) is 8.26. The summed E-state index contributed by atoms with van der Waals surface area (Å²) >= 11 is 0. The van der Waals surface area contributed by atoms with Gasteiger partial charge in [0.1, 0.15) is 0 Å². The first kappa shape index (κ1) is 15.8. The quantitative estimate of drug-likeness (QED) is 0.546. The molecule has 2 aromatic carbocycles. The Morgan fingerprint density at radius 2 is 1.69 bits per heavy atom. The number of carbonyl (C=O) groups excluding carboxylic acids is 1. The van der Waals surface area contributed by atoms with E-state index in [-0.39, 0.29) is 5.91 Å². The Bertz CT molecular complexity index is 1030. The summed E-state index contributed by atoms with van der Waals surface area (Å²) in [6, 6.07) is 21.3. The summed E-state index contributed by atoms with van der Waals surface area (Å²) in [6.07, 6.45) is 3.29. The normalized spacial score (nSPS) is 10.6. The van der Waals surface area contributed by atoms with Crippen LogP contribution in [0.1, 0.15) is 15.9 Å². The zero-order valence-electron chi connectivity index (χ0n) is 14.0. The maximum Gasteiger partial charge on any atom is 0.271 e. The Hall–Kier alpha value is -3.67. The summed E-state index contributed by atoms with van der Waals surface area (Å²) in [7, 11) is 0. The van der Waals surface area contributed by atoms with Crippen LogP contribution in [-0.2, 0) is 6.54 Å². The van der Waals surface area contributed by atoms with E-state index >= 15 is 0 Å². The average Bonchev–Trinajstić information content (AvgIpc) is 3.10. The van der Waals surface area contributed by atoms with Crippen molar-refractivity contribution in [3.8, 4) is 0 Å². The van der Waals surface area contributed by atoms with Crippen molar-refractivity contribution in [3.05, 3.63) is 90.3 Å². The van der Waals surface area contributed by atoms with Gasteiger partial charge in [0.25, 0.3) is 5.91 Å². The number of hydrazine groups is 1. The van der Waals surface area contributed by atoms with Gasteiger partial charge >= 0.3 is 0 Å². The maximum absolute atomic E-state index is 12.3. The Balaban J connectivity index is 1.50. The van der Waals surface area contributed by atoms with Crippen molar-refractivity contribution in [2.45, 2.75) is 6.54 Å². The van der Waals surface area contributed by atoms with Gasteiger partial charge in [0, 0.05) is 11.6 Å². The first-order chi connectivity index (χ1) is 12.8. The highest BCUT2D eigenvalue weighted by molar-refractivity contribution is 5.97. The molecule has 4 rings (SSSR count). The minimum atomic E-state index is -0.251. The van der Waals surface area contributed by atoms with Gasteiger partial charge in [0.15, 0.2) is 5.65 Å². The Labute approximate surface area is 150 Å². The van der Waals surface area contributed by atoms with Crippen LogP contribution in [0.5, 0.6) is 0 Å². The molecule has 0 aliphatic rings. The number of benzene rings is 2. The molecule has 0 saturated carbocycles. The summed E-state index contributed by atoms with van der Waals surface area (Å²) in [5.74, 6) is -0.251. The molecule has 26 heavy (non-hydrogen) atoms. The number of rotatable bonds is 5. The Morgan fingerprint density at radius 3 is 2.46 bits per heavy atom. The van der Waals surface area contributed by atoms with Crippen molar-refractivity contribution >= 4 is 22.6 Å². The van der Waals surface area contributed by atoms with Gasteiger partial charge in [0.05, 0.1) is 24.0 Å². The minimum absolute atomic E-state index is 0.251. The molecule has 0 unspecified atom stereocenters. The molecule has 6 nitrogen and oxygen atoms in total. The average molecular weight is 343 g/mol. The highest BCUT2D eigenvalue weighted by Crippen LogP contribution is 2.15. The van der Waals surface area contributed by atoms with Crippen LogP contribution in [0.15, 0.2) is 79.1 Å². The molecule has 2 N–H and O–H groups in total. The number of pyridine rings is 1. The van der Waals surface area contributed by atoms with Crippen LogP contribution in [-0.4, -0.2) is 20.7 Å². The molecule has 6 heteroatoms. The SMILES string of the molecule is O=C(NNc1ccccc1)c1cnc2c(cnn2Cc2ccccc2)c1. The number of para-hydroxylation sites is 1. The van der Waals surface area contributed by atoms with Gasteiger partial charge in [-0.25, -0.2) is 9.67 Å². The lowest BCUT2D eigenvalue weighted by atomic mass is 10.2. The van der Waals surface area contributed by atoms with E-state index in [0.29, 0.717) is 12.1 Å². The third kappa shape index (κ3) is 3.39. The molecule has 0 aliphatic heterocycles. The van der Waals surface area contributed by atoms with Gasteiger partial charge in [-0.3, -0.25) is 15.6 Å². The number of nitrogens with one attached hydrogen (secondary N) is 2. The number of hydrogen-bond acceptors (Lipinski definition) is 4. The third-order valence-electron chi connectivity index (χ3n) is 4.01. The minimum Gasteiger partial charge on any atom is -0.298 e. The Kier molecular flexibility index (Phi) is 4.30. The van der Waals surface area contributed by atoms with Gasteiger partial charge in [-0.05, 0) is 23.8 Å². The fourth-order valence-corrected chi connectivity index (χ4v) is 2.69. The molecule has 0 bridgehead atoms. The second-order valence-corrected chi connectivity index (χ2v) is 5.87. The van der Waals surface area contributed by atoms with Crippen molar-refractivity contribution in [3.63, 3.8) is 0 Å². The van der Waals surface area contributed by atoms with Crippen LogP contribution in [0.25, 0.3) is 11.0 Å². The molecule has 0 radical (unpaired) electrons. The predicted octanol–water partition coefficient (Wildman–Crippen LogP) is 3.24. The second kappa shape index (κ2) is 7.06. The van der Waals surface area contributed by atoms with Gasteiger partial charge < -0.3 is 0 Å². The molecular weight excluding hydrogens is 326 g/mol. The van der Waals surface area contributed by atoms with Crippen molar-refractivity contribution < 1.29 is 4.79 Å². The van der Waals surface area contributed by atoms with E-state index in [1.165, 1.54) is 0 Å². The van der Waals surface area contributed by atoms with E-state index in [1.54, 1.807) is 18.5 Å². The highest BCUT2D eigenvalue weighted by Gasteiger charge is 2.10. The zero-order valence-corrected chi connectivity index (χ0v) is 14.0. The van der Waals surface area contributed by atoms with Crippen LogP contribution in [0.4, 0.5) is 5.69 Å². The van der Waals surface area contributed by atoms with Crippen LogP contribution in [0, 0.1) is 0 Å². The molecule has 4 aromatic rings. The number of hydrogen-bond donors (Lipinski definition) is 2. The summed E-state index contributed by atoms with van der Waals surface area (Å²) < 4.78 is 1.83. The van der Waals surface area contributed by atoms with E-state index in [9.17, 15) is 4.79 Å². The summed E-state index contributed by atoms with van der Waals surface area (Å²) in [5, 5.41) is 5.22. The molecule has 0 spiro atoms. The van der Waals surface area contributed by atoms with Crippen LogP contribution >= 0.6 is 0 Å². The van der Waals surface area contributed by atoms with E-state index in [2.05, 4.69) is 20.9 Å². The van der Waals surface area contributed by atoms with Gasteiger partial charge in [0.2, 0.25) is 0 Å². The molecule has 0 fully saturated rings. The topological polar surface area (TPSA) is 71.8 Å². The van der Waals surface area contributed by atoms with E-state index < -0.39 is 0 Å². The monoisotopic (exact) mass is 343 g/mol. The second-order valence-electron chi connectivity index (χ2n) is 5.87. The zero-order chi connectivity index (χ0) is 17.8. The largest absolute Gasteiger partial charge is 0.298 e. The fraction of sp³-hybridized carbons (Fsp3) is 0.0500. The molecule has 128 valence electrons. The van der Waals surface area contributed by atoms with Gasteiger partial charge in [-0.2, -0.15) is 5.10 Å². The summed E-state index contributed by atoms with van der Waals surface area (Å²) in [6.45, 7) is 0.637.